The number of alkyl halides is 3. The number of aromatic nitrogens is 2. The van der Waals surface area contributed by atoms with Crippen LogP contribution < -0.4 is 5.32 Å². The highest BCUT2D eigenvalue weighted by Crippen LogP contribution is 2.40. The zero-order chi connectivity index (χ0) is 25.0. The molecule has 186 valence electrons. The van der Waals surface area contributed by atoms with E-state index in [1.165, 1.54) is 28.6 Å². The molecule has 0 spiro atoms. The van der Waals surface area contributed by atoms with E-state index in [0.29, 0.717) is 28.1 Å². The van der Waals surface area contributed by atoms with Crippen molar-refractivity contribution in [3.63, 3.8) is 0 Å². The van der Waals surface area contributed by atoms with Gasteiger partial charge in [-0.2, -0.15) is 18.4 Å². The molecule has 1 aromatic carbocycles. The Labute approximate surface area is 211 Å². The van der Waals surface area contributed by atoms with E-state index in [1.807, 2.05) is 6.08 Å². The Kier molecular flexibility index (Phi) is 5.77. The summed E-state index contributed by atoms with van der Waals surface area (Å²) in [5, 5.41) is 13.5. The maximum atomic E-state index is 12.9. The average molecular weight is 510 g/mol. The number of halogens is 3. The molecule has 36 heavy (non-hydrogen) atoms. The smallest absolute Gasteiger partial charge is 0.367 e. The predicted octanol–water partition coefficient (Wildman–Crippen LogP) is 6.18. The summed E-state index contributed by atoms with van der Waals surface area (Å²) in [4.78, 5) is 12.1. The Morgan fingerprint density at radius 2 is 1.97 bits per heavy atom. The SMILES string of the molecule is Cc1c(CN2C3CCC2CC(Nc2ncnc4sc(CC(F)(F)F)cc24)C3)ccc2c1C=C(C#N)C2. The molecule has 3 aliphatic rings. The summed E-state index contributed by atoms with van der Waals surface area (Å²) in [5.74, 6) is 0.636. The Morgan fingerprint density at radius 1 is 1.19 bits per heavy atom. The fraction of sp³-hybridized carbons (Fsp3) is 0.444. The molecule has 2 bridgehead atoms. The van der Waals surface area contributed by atoms with Crippen LogP contribution in [0.5, 0.6) is 0 Å². The first-order valence-electron chi connectivity index (χ1n) is 12.3. The molecule has 9 heteroatoms. The minimum Gasteiger partial charge on any atom is -0.367 e. The molecule has 6 rings (SSSR count). The number of piperidine rings is 1. The van der Waals surface area contributed by atoms with Gasteiger partial charge >= 0.3 is 6.18 Å². The Balaban J connectivity index is 1.17. The predicted molar refractivity (Wildman–Crippen MR) is 135 cm³/mol. The summed E-state index contributed by atoms with van der Waals surface area (Å²) in [6, 6.07) is 9.41. The molecule has 3 aromatic rings. The monoisotopic (exact) mass is 509 g/mol. The Hall–Kier alpha value is -2.96. The van der Waals surface area contributed by atoms with Crippen LogP contribution in [0.4, 0.5) is 19.0 Å². The highest BCUT2D eigenvalue weighted by atomic mass is 32.1. The lowest BCUT2D eigenvalue weighted by Crippen LogP contribution is -2.46. The summed E-state index contributed by atoms with van der Waals surface area (Å²) in [6.45, 7) is 3.06. The number of anilines is 1. The summed E-state index contributed by atoms with van der Waals surface area (Å²) in [6.07, 6.45) is 3.28. The summed E-state index contributed by atoms with van der Waals surface area (Å²) < 4.78 is 38.7. The van der Waals surface area contributed by atoms with Gasteiger partial charge in [0.15, 0.2) is 0 Å². The van der Waals surface area contributed by atoms with E-state index < -0.39 is 12.6 Å². The van der Waals surface area contributed by atoms with Crippen molar-refractivity contribution in [3.05, 3.63) is 57.2 Å². The number of nitrogens with one attached hydrogen (secondary N) is 1. The third kappa shape index (κ3) is 4.37. The van der Waals surface area contributed by atoms with Gasteiger partial charge < -0.3 is 5.32 Å². The first-order valence-corrected chi connectivity index (χ1v) is 13.1. The van der Waals surface area contributed by atoms with Gasteiger partial charge in [-0.1, -0.05) is 12.1 Å². The number of hydrogen-bond donors (Lipinski definition) is 1. The van der Waals surface area contributed by atoms with Gasteiger partial charge in [0.25, 0.3) is 0 Å². The lowest BCUT2D eigenvalue weighted by Gasteiger charge is -2.39. The molecular weight excluding hydrogens is 483 g/mol. The summed E-state index contributed by atoms with van der Waals surface area (Å²) in [7, 11) is 0. The second-order valence-electron chi connectivity index (χ2n) is 10.2. The van der Waals surface area contributed by atoms with E-state index in [-0.39, 0.29) is 10.9 Å². The molecule has 1 aliphatic carbocycles. The highest BCUT2D eigenvalue weighted by molar-refractivity contribution is 7.18. The second-order valence-corrected chi connectivity index (χ2v) is 11.3. The van der Waals surface area contributed by atoms with Gasteiger partial charge in [-0.05, 0) is 67.0 Å². The molecule has 4 heterocycles. The quantitative estimate of drug-likeness (QED) is 0.445. The van der Waals surface area contributed by atoms with Crippen LogP contribution in [0.25, 0.3) is 16.3 Å². The first-order chi connectivity index (χ1) is 17.3. The molecule has 0 amide bonds. The average Bonchev–Trinajstić information content (AvgIpc) is 3.49. The summed E-state index contributed by atoms with van der Waals surface area (Å²) in [5.41, 5.74) is 5.86. The summed E-state index contributed by atoms with van der Waals surface area (Å²) >= 11 is 1.09. The normalized spacial score (nSPS) is 23.5. The van der Waals surface area contributed by atoms with Gasteiger partial charge in [-0.15, -0.1) is 11.3 Å². The molecule has 0 saturated carbocycles. The van der Waals surface area contributed by atoms with Crippen LogP contribution in [0.15, 0.2) is 30.1 Å². The number of fused-ring (bicyclic) bond motifs is 4. The number of allylic oxidation sites excluding steroid dienone is 1. The fourth-order valence-corrected chi connectivity index (χ4v) is 7.23. The first kappa shape index (κ1) is 23.4. The number of nitriles is 1. The lowest BCUT2D eigenvalue weighted by atomic mass is 9.94. The Morgan fingerprint density at radius 3 is 2.69 bits per heavy atom. The van der Waals surface area contributed by atoms with Crippen molar-refractivity contribution in [2.75, 3.05) is 5.32 Å². The third-order valence-corrected chi connectivity index (χ3v) is 8.94. The van der Waals surface area contributed by atoms with Gasteiger partial charge in [0, 0.05) is 41.5 Å². The van der Waals surface area contributed by atoms with Gasteiger partial charge in [0.05, 0.1) is 17.9 Å². The number of thiophene rings is 1. The van der Waals surface area contributed by atoms with Gasteiger partial charge in [0.2, 0.25) is 0 Å². The van der Waals surface area contributed by atoms with Crippen LogP contribution >= 0.6 is 11.3 Å². The van der Waals surface area contributed by atoms with Crippen molar-refractivity contribution in [2.45, 2.75) is 76.3 Å². The number of rotatable bonds is 5. The molecule has 2 atom stereocenters. The molecule has 5 nitrogen and oxygen atoms in total. The van der Waals surface area contributed by atoms with Crippen LogP contribution in [-0.4, -0.2) is 39.2 Å². The van der Waals surface area contributed by atoms with Gasteiger partial charge in [-0.3, -0.25) is 4.90 Å². The van der Waals surface area contributed by atoms with Crippen LogP contribution in [0.2, 0.25) is 0 Å². The molecular formula is C27H26F3N5S. The molecule has 2 saturated heterocycles. The number of benzene rings is 1. The van der Waals surface area contributed by atoms with Gasteiger partial charge in [-0.25, -0.2) is 9.97 Å². The largest absolute Gasteiger partial charge is 0.393 e. The van der Waals surface area contributed by atoms with E-state index in [1.54, 1.807) is 6.07 Å². The molecule has 2 unspecified atom stereocenters. The van der Waals surface area contributed by atoms with Crippen molar-refractivity contribution >= 4 is 33.4 Å². The van der Waals surface area contributed by atoms with Crippen LogP contribution in [0.3, 0.4) is 0 Å². The van der Waals surface area contributed by atoms with E-state index in [0.717, 1.165) is 55.6 Å². The van der Waals surface area contributed by atoms with Crippen molar-refractivity contribution in [1.82, 2.24) is 14.9 Å². The van der Waals surface area contributed by atoms with E-state index >= 15 is 0 Å². The zero-order valence-electron chi connectivity index (χ0n) is 19.9. The molecule has 2 fully saturated rings. The van der Waals surface area contributed by atoms with Gasteiger partial charge in [0.1, 0.15) is 17.0 Å². The Bertz CT molecular complexity index is 1390. The standard InChI is InChI=1S/C27H26F3N5S/c1-15-18(3-2-17-6-16(12-31)7-23(15)17)13-35-20-4-5-21(35)9-19(8-20)34-25-24-10-22(11-27(28,29)30)36-26(24)33-14-32-25/h2-3,7,10,14,19-21H,4-6,8-9,11,13H2,1H3,(H,32,33,34). The topological polar surface area (TPSA) is 64.8 Å². The number of hydrogen-bond acceptors (Lipinski definition) is 6. The van der Waals surface area contributed by atoms with Crippen LogP contribution in [-0.2, 0) is 19.4 Å². The van der Waals surface area contributed by atoms with Crippen LogP contribution in [0, 0.1) is 18.3 Å². The molecule has 2 aromatic heterocycles. The third-order valence-electron chi connectivity index (χ3n) is 7.89. The van der Waals surface area contributed by atoms with E-state index in [2.05, 4.69) is 45.3 Å². The van der Waals surface area contributed by atoms with Crippen molar-refractivity contribution in [1.29, 1.82) is 5.26 Å². The zero-order valence-corrected chi connectivity index (χ0v) is 20.7. The van der Waals surface area contributed by atoms with Crippen molar-refractivity contribution < 1.29 is 13.2 Å². The lowest BCUT2D eigenvalue weighted by molar-refractivity contribution is -0.126. The van der Waals surface area contributed by atoms with Crippen molar-refractivity contribution in [3.8, 4) is 6.07 Å². The highest BCUT2D eigenvalue weighted by Gasteiger charge is 2.41. The molecule has 2 aliphatic heterocycles. The minimum absolute atomic E-state index is 0.227. The van der Waals surface area contributed by atoms with Crippen molar-refractivity contribution in [2.24, 2.45) is 0 Å². The number of nitrogens with zero attached hydrogens (tertiary/aromatic N) is 4. The minimum atomic E-state index is -4.24. The molecule has 0 radical (unpaired) electrons. The van der Waals surface area contributed by atoms with E-state index in [9.17, 15) is 18.4 Å². The van der Waals surface area contributed by atoms with Crippen LogP contribution in [0.1, 0.15) is 52.8 Å². The fourth-order valence-electron chi connectivity index (χ4n) is 6.20. The maximum absolute atomic E-state index is 12.9. The molecule has 1 N–H and O–H groups in total. The second kappa shape index (κ2) is 8.86. The van der Waals surface area contributed by atoms with E-state index in [4.69, 9.17) is 0 Å². The maximum Gasteiger partial charge on any atom is 0.393 e.